The van der Waals surface area contributed by atoms with Crippen LogP contribution in [0, 0.1) is 0 Å². The minimum atomic E-state index is -5.97. The molecule has 0 aromatic carbocycles. The topological polar surface area (TPSA) is 370 Å². The molecule has 0 aliphatic rings. The fourth-order valence-electron chi connectivity index (χ4n) is 0.520. The Balaban J connectivity index is -0.0000000640. The van der Waals surface area contributed by atoms with E-state index in [2.05, 4.69) is 17.2 Å². The van der Waals surface area contributed by atoms with E-state index < -0.39 is 46.9 Å². The Morgan fingerprint density at radius 1 is 0.323 bits per heavy atom. The average Bonchev–Trinajstić information content (AvgIpc) is 1.97. The summed E-state index contributed by atoms with van der Waals surface area (Å²) in [5.74, 6) is 0. The van der Waals surface area contributed by atoms with Crippen molar-refractivity contribution in [3.05, 3.63) is 0 Å². The van der Waals surface area contributed by atoms with Crippen molar-refractivity contribution in [2.75, 3.05) is 0 Å². The van der Waals surface area contributed by atoms with E-state index in [1.807, 2.05) is 0 Å². The maximum Gasteiger partial charge on any atom is 2.00 e. The molecule has 0 rings (SSSR count). The predicted octanol–water partition coefficient (Wildman–Crippen LogP) is -9.61. The summed E-state index contributed by atoms with van der Waals surface area (Å²) < 4.78 is 69.4. The molecule has 20 nitrogen and oxygen atoms in total. The second-order valence-corrected chi connectivity index (χ2v) is 11.0. The van der Waals surface area contributed by atoms with Crippen LogP contribution in [-0.4, -0.2) is 136 Å². The van der Waals surface area contributed by atoms with Crippen LogP contribution in [0.5, 0.6) is 0 Å². The van der Waals surface area contributed by atoms with E-state index in [4.69, 9.17) is 0 Å². The van der Waals surface area contributed by atoms with Crippen molar-refractivity contribution in [2.24, 2.45) is 0 Å². The molecular weight excluding hydrogens is 1540 g/mol. The van der Waals surface area contributed by atoms with E-state index in [0.717, 1.165) is 0 Å². The number of rotatable bonds is 8. The van der Waals surface area contributed by atoms with Crippen LogP contribution in [0.25, 0.3) is 0 Å². The minimum absolute atomic E-state index is 0. The number of hydrogen-bond acceptors (Lipinski definition) is 20. The maximum absolute atomic E-state index is 10.1. The monoisotopic (exact) mass is 1550 g/mol. The van der Waals surface area contributed by atoms with Crippen molar-refractivity contribution in [3.8, 4) is 0 Å². The fraction of sp³-hybridized carbons (Fsp3) is 0. The first-order valence-electron chi connectivity index (χ1n) is 4.38. The van der Waals surface area contributed by atoms with Crippen molar-refractivity contribution >= 4 is 183 Å². The van der Waals surface area contributed by atoms with Gasteiger partial charge in [0.1, 0.15) is 0 Å². The molecule has 31 heteroatoms. The Morgan fingerprint density at radius 3 is 0.484 bits per heavy atom. The molecule has 0 bridgehead atoms. The van der Waals surface area contributed by atoms with Crippen LogP contribution in [0.2, 0.25) is 0 Å². The first-order valence-corrected chi connectivity index (χ1v) is 13.1. The summed E-state index contributed by atoms with van der Waals surface area (Å²) >= 11 is 0. The quantitative estimate of drug-likeness (QED) is 0.161. The van der Waals surface area contributed by atoms with Gasteiger partial charge in [-0.1, -0.05) is 0 Å². The largest absolute Gasteiger partial charge is 2.00 e. The van der Waals surface area contributed by atoms with Crippen LogP contribution in [0.4, 0.5) is 0 Å². The molecule has 0 saturated heterocycles. The van der Waals surface area contributed by atoms with Crippen molar-refractivity contribution in [3.63, 3.8) is 0 Å². The number of phosphoric acid groups is 6. The molecule has 0 aromatic heterocycles. The minimum Gasteiger partial charge on any atom is -0.790 e. The number of hydrogen-bond donors (Lipinski definition) is 0. The van der Waals surface area contributed by atoms with Gasteiger partial charge in [-0.05, 0) is 0 Å². The molecule has 0 saturated carbocycles. The van der Waals surface area contributed by atoms with Gasteiger partial charge in [-0.15, -0.1) is 0 Å². The van der Waals surface area contributed by atoms with E-state index in [1.54, 1.807) is 0 Å². The zero-order valence-electron chi connectivity index (χ0n) is 13.3. The molecule has 10 radical (unpaired) electrons. The molecular formula is O20P6Pb5. The summed E-state index contributed by atoms with van der Waals surface area (Å²) in [4.78, 5) is 97.3. The Labute approximate surface area is 272 Å². The van der Waals surface area contributed by atoms with Crippen molar-refractivity contribution < 1.29 is 93.6 Å². The Hall–Kier alpha value is 5.43. The summed E-state index contributed by atoms with van der Waals surface area (Å²) in [5.41, 5.74) is 0. The third-order valence-electron chi connectivity index (χ3n) is 0.800. The van der Waals surface area contributed by atoms with Crippen LogP contribution >= 0.6 is 46.9 Å². The molecule has 0 fully saturated rings. The molecule has 31 heavy (non-hydrogen) atoms. The van der Waals surface area contributed by atoms with E-state index in [1.165, 1.54) is 0 Å². The fourth-order valence-corrected chi connectivity index (χ4v) is 5.21. The van der Waals surface area contributed by atoms with Gasteiger partial charge in [-0.2, -0.15) is 0 Å². The van der Waals surface area contributed by atoms with Crippen LogP contribution in [0.3, 0.4) is 0 Å². The van der Waals surface area contributed by atoms with E-state index in [9.17, 15) is 76.3 Å². The molecule has 0 aliphatic carbocycles. The smallest absolute Gasteiger partial charge is 0.790 e. The second-order valence-electron chi connectivity index (χ2n) is 3.01. The van der Waals surface area contributed by atoms with Gasteiger partial charge in [0.05, 0.1) is 31.3 Å². The van der Waals surface area contributed by atoms with Gasteiger partial charge >= 0.3 is 136 Å². The summed E-state index contributed by atoms with van der Waals surface area (Å²) in [6, 6.07) is 0. The van der Waals surface area contributed by atoms with Crippen molar-refractivity contribution in [1.82, 2.24) is 0 Å². The maximum atomic E-state index is 10.1. The van der Waals surface area contributed by atoms with Gasteiger partial charge in [0.15, 0.2) is 0 Å². The first kappa shape index (κ1) is 52.8. The SMILES string of the molecule is O=P([O-])([O-])OP(=O)([O-])OP(=O)([O-])[O-].O=P([O-])([O-])OP(=O)([O-])OP(=O)([O-])[O-].[Pb+2].[Pb+2].[Pb+2].[Pb+2].[Pb+2]. The first-order chi connectivity index (χ1) is 10.8. The Kier molecular flexibility index (Phi) is 34.7. The van der Waals surface area contributed by atoms with E-state index in [-0.39, 0.29) is 136 Å². The van der Waals surface area contributed by atoms with Crippen molar-refractivity contribution in [1.29, 1.82) is 0 Å². The zero-order valence-corrected chi connectivity index (χ0v) is 38.2. The molecule has 0 spiro atoms. The molecule has 0 aromatic rings. The van der Waals surface area contributed by atoms with Crippen LogP contribution < -0.4 is 48.9 Å². The van der Waals surface area contributed by atoms with E-state index >= 15 is 0 Å². The van der Waals surface area contributed by atoms with Crippen LogP contribution in [-0.2, 0) is 44.6 Å². The molecule has 0 unspecified atom stereocenters. The molecule has 0 atom stereocenters. The molecule has 0 heterocycles. The van der Waals surface area contributed by atoms with Gasteiger partial charge in [0, 0.05) is 0 Å². The second kappa shape index (κ2) is 20.4. The summed E-state index contributed by atoms with van der Waals surface area (Å²) in [6.45, 7) is 0. The molecule has 170 valence electrons. The van der Waals surface area contributed by atoms with Crippen molar-refractivity contribution in [2.45, 2.75) is 0 Å². The van der Waals surface area contributed by atoms with E-state index in [0.29, 0.717) is 0 Å². The molecule has 0 N–H and O–H groups in total. The molecule has 0 amide bonds. The van der Waals surface area contributed by atoms with Gasteiger partial charge in [-0.3, -0.25) is 26.4 Å². The van der Waals surface area contributed by atoms with Crippen LogP contribution in [0.1, 0.15) is 0 Å². The van der Waals surface area contributed by atoms with Gasteiger partial charge in [0.25, 0.3) is 15.6 Å². The van der Waals surface area contributed by atoms with Gasteiger partial charge in [0.2, 0.25) is 0 Å². The summed E-state index contributed by atoms with van der Waals surface area (Å²) in [7, 11) is -35.8. The van der Waals surface area contributed by atoms with Gasteiger partial charge in [-0.25, -0.2) is 0 Å². The standard InChI is InChI=1S/2H5O10P3.5Pb/c2*1-11(2,3)9-13(7,8)10-12(4,5)6;;;;;/h2*(H,7,8)(H2,1,2,3)(H2,4,5,6);;;;;/q;;5*+2/p-10. The third kappa shape index (κ3) is 45.7. The summed E-state index contributed by atoms with van der Waals surface area (Å²) in [6.07, 6.45) is 0. The third-order valence-corrected chi connectivity index (χ3v) is 7.20. The Morgan fingerprint density at radius 2 is 0.419 bits per heavy atom. The zero-order chi connectivity index (χ0) is 21.8. The Bertz CT molecular complexity index is 628. The summed E-state index contributed by atoms with van der Waals surface area (Å²) in [5, 5.41) is 0. The average molecular weight is 1540 g/mol. The van der Waals surface area contributed by atoms with Gasteiger partial charge < -0.3 is 67.2 Å². The predicted molar refractivity (Wildman–Crippen MR) is 78.7 cm³/mol. The van der Waals surface area contributed by atoms with Crippen LogP contribution in [0.15, 0.2) is 0 Å². The molecule has 0 aliphatic heterocycles. The normalized spacial score (nSPS) is 12.2.